The quantitative estimate of drug-likeness (QED) is 0.233. The molecule has 0 saturated heterocycles. The first-order chi connectivity index (χ1) is 17.8. The lowest BCUT2D eigenvalue weighted by atomic mass is 9.35. The third-order valence-electron chi connectivity index (χ3n) is 12.8. The summed E-state index contributed by atoms with van der Waals surface area (Å²) in [6.45, 7) is 13.7. The molecule has 214 valence electrons. The standard InChI is InChI=1S/C32H50O6/c1-19-12-15-32(28(35)38-9)17-16-30(5)23(26(32)20(19)2)10-11-24-29(4,18-25(33)36-7)22(13-14-31(24,30)6)21(3)27(34)37-8/h10,19-22,24,26H,11-18H2,1-9H3/t19-,20+,21-,22+,24+,26+,29+,30-,31-,32+/m1/s1. The Hall–Kier alpha value is -1.85. The van der Waals surface area contributed by atoms with Crippen molar-refractivity contribution in [3.8, 4) is 0 Å². The first-order valence-corrected chi connectivity index (χ1v) is 14.7. The van der Waals surface area contributed by atoms with Gasteiger partial charge in [-0.25, -0.2) is 0 Å². The van der Waals surface area contributed by atoms with E-state index in [0.29, 0.717) is 11.8 Å². The molecule has 6 heteroatoms. The number of carbonyl (C=O) groups is 3. The van der Waals surface area contributed by atoms with Crippen LogP contribution in [-0.4, -0.2) is 39.2 Å². The maximum atomic E-state index is 13.4. The molecule has 4 aliphatic carbocycles. The number of fused-ring (bicyclic) bond motifs is 5. The molecule has 0 amide bonds. The van der Waals surface area contributed by atoms with Gasteiger partial charge in [0.15, 0.2) is 0 Å². The lowest BCUT2D eigenvalue weighted by Gasteiger charge is -2.69. The van der Waals surface area contributed by atoms with Gasteiger partial charge in [-0.15, -0.1) is 0 Å². The van der Waals surface area contributed by atoms with Gasteiger partial charge in [0.25, 0.3) is 0 Å². The van der Waals surface area contributed by atoms with Gasteiger partial charge >= 0.3 is 17.9 Å². The Kier molecular flexibility index (Phi) is 7.64. The summed E-state index contributed by atoms with van der Waals surface area (Å²) >= 11 is 0. The van der Waals surface area contributed by atoms with Crippen molar-refractivity contribution in [1.82, 2.24) is 0 Å². The molecule has 0 N–H and O–H groups in total. The highest BCUT2D eigenvalue weighted by atomic mass is 16.5. The van der Waals surface area contributed by atoms with Crippen LogP contribution in [-0.2, 0) is 28.6 Å². The van der Waals surface area contributed by atoms with Crippen LogP contribution in [0.1, 0.15) is 92.9 Å². The van der Waals surface area contributed by atoms with Crippen LogP contribution in [0.5, 0.6) is 0 Å². The third kappa shape index (κ3) is 3.90. The summed E-state index contributed by atoms with van der Waals surface area (Å²) in [4.78, 5) is 39.0. The summed E-state index contributed by atoms with van der Waals surface area (Å²) in [6, 6.07) is 0. The Morgan fingerprint density at radius 1 is 0.947 bits per heavy atom. The lowest BCUT2D eigenvalue weighted by Crippen LogP contribution is -2.63. The fraction of sp³-hybridized carbons (Fsp3) is 0.844. The zero-order valence-corrected chi connectivity index (χ0v) is 25.1. The second-order valence-corrected chi connectivity index (χ2v) is 13.9. The van der Waals surface area contributed by atoms with Crippen molar-refractivity contribution in [3.05, 3.63) is 11.6 Å². The van der Waals surface area contributed by atoms with Crippen molar-refractivity contribution < 1.29 is 28.6 Å². The van der Waals surface area contributed by atoms with Crippen LogP contribution in [0.2, 0.25) is 0 Å². The van der Waals surface area contributed by atoms with E-state index in [-0.39, 0.29) is 58.8 Å². The van der Waals surface area contributed by atoms with Crippen LogP contribution in [0, 0.1) is 57.2 Å². The summed E-state index contributed by atoms with van der Waals surface area (Å²) in [5.41, 5.74) is 0.420. The second kappa shape index (κ2) is 9.96. The summed E-state index contributed by atoms with van der Waals surface area (Å²) in [5.74, 6) is 0.582. The lowest BCUT2D eigenvalue weighted by molar-refractivity contribution is -0.186. The number of rotatable bonds is 5. The number of carbonyl (C=O) groups excluding carboxylic acids is 3. The van der Waals surface area contributed by atoms with Crippen molar-refractivity contribution in [3.63, 3.8) is 0 Å². The van der Waals surface area contributed by atoms with Gasteiger partial charge in [0.2, 0.25) is 0 Å². The molecule has 4 rings (SSSR count). The Bertz CT molecular complexity index is 1000. The first kappa shape index (κ1) is 29.1. The molecular formula is C32H50O6. The molecule has 0 aromatic carbocycles. The van der Waals surface area contributed by atoms with E-state index in [1.54, 1.807) is 7.11 Å². The molecule has 3 saturated carbocycles. The maximum absolute atomic E-state index is 13.4. The smallest absolute Gasteiger partial charge is 0.312 e. The van der Waals surface area contributed by atoms with E-state index in [4.69, 9.17) is 14.2 Å². The largest absolute Gasteiger partial charge is 0.469 e. The fourth-order valence-electron chi connectivity index (χ4n) is 10.2. The van der Waals surface area contributed by atoms with Gasteiger partial charge in [0.05, 0.1) is 39.1 Å². The van der Waals surface area contributed by atoms with Gasteiger partial charge < -0.3 is 14.2 Å². The van der Waals surface area contributed by atoms with Crippen LogP contribution < -0.4 is 0 Å². The van der Waals surface area contributed by atoms with Crippen LogP contribution in [0.15, 0.2) is 11.6 Å². The highest BCUT2D eigenvalue weighted by Gasteiger charge is 2.68. The Labute approximate surface area is 229 Å². The summed E-state index contributed by atoms with van der Waals surface area (Å²) in [5, 5.41) is 0. The predicted octanol–water partition coefficient (Wildman–Crippen LogP) is 6.37. The van der Waals surface area contributed by atoms with Gasteiger partial charge in [0.1, 0.15) is 0 Å². The van der Waals surface area contributed by atoms with Gasteiger partial charge in [-0.2, -0.15) is 0 Å². The zero-order valence-electron chi connectivity index (χ0n) is 25.1. The molecule has 0 spiro atoms. The first-order valence-electron chi connectivity index (χ1n) is 14.7. The van der Waals surface area contributed by atoms with Gasteiger partial charge in [-0.3, -0.25) is 14.4 Å². The minimum atomic E-state index is -0.443. The van der Waals surface area contributed by atoms with Crippen LogP contribution in [0.25, 0.3) is 0 Å². The number of ether oxygens (including phenoxy) is 3. The highest BCUT2D eigenvalue weighted by molar-refractivity contribution is 5.79. The molecule has 6 nitrogen and oxygen atoms in total. The number of allylic oxidation sites excluding steroid dienone is 2. The molecule has 0 unspecified atom stereocenters. The Balaban J connectivity index is 1.84. The molecular weight excluding hydrogens is 480 g/mol. The number of hydrogen-bond donors (Lipinski definition) is 0. The van der Waals surface area contributed by atoms with Crippen LogP contribution in [0.4, 0.5) is 0 Å². The highest BCUT2D eigenvalue weighted by Crippen LogP contribution is 2.74. The van der Waals surface area contributed by atoms with Crippen molar-refractivity contribution >= 4 is 17.9 Å². The monoisotopic (exact) mass is 530 g/mol. The predicted molar refractivity (Wildman–Crippen MR) is 146 cm³/mol. The Morgan fingerprint density at radius 3 is 2.24 bits per heavy atom. The fourth-order valence-corrected chi connectivity index (χ4v) is 10.2. The van der Waals surface area contributed by atoms with Crippen molar-refractivity contribution in [2.45, 2.75) is 92.9 Å². The molecule has 0 aromatic rings. The van der Waals surface area contributed by atoms with Gasteiger partial charge in [0, 0.05) is 0 Å². The van der Waals surface area contributed by atoms with E-state index < -0.39 is 10.8 Å². The average Bonchev–Trinajstić information content (AvgIpc) is 2.89. The topological polar surface area (TPSA) is 78.9 Å². The average molecular weight is 531 g/mol. The molecule has 0 bridgehead atoms. The van der Waals surface area contributed by atoms with E-state index in [1.165, 1.54) is 19.8 Å². The molecule has 0 aromatic heterocycles. The minimum Gasteiger partial charge on any atom is -0.469 e. The molecule has 10 atom stereocenters. The van der Waals surface area contributed by atoms with E-state index in [0.717, 1.165) is 44.9 Å². The van der Waals surface area contributed by atoms with E-state index in [1.807, 2.05) is 6.92 Å². The van der Waals surface area contributed by atoms with E-state index >= 15 is 0 Å². The second-order valence-electron chi connectivity index (χ2n) is 13.9. The molecule has 0 radical (unpaired) electrons. The van der Waals surface area contributed by atoms with Crippen molar-refractivity contribution in [1.29, 1.82) is 0 Å². The van der Waals surface area contributed by atoms with E-state index in [9.17, 15) is 14.4 Å². The maximum Gasteiger partial charge on any atom is 0.312 e. The van der Waals surface area contributed by atoms with Crippen LogP contribution in [0.3, 0.4) is 0 Å². The molecule has 0 heterocycles. The third-order valence-corrected chi connectivity index (χ3v) is 12.8. The van der Waals surface area contributed by atoms with Crippen molar-refractivity contribution in [2.75, 3.05) is 21.3 Å². The number of esters is 3. The minimum absolute atomic E-state index is 0.0250. The summed E-state index contributed by atoms with van der Waals surface area (Å²) in [6.07, 6.45) is 9.14. The molecule has 0 aliphatic heterocycles. The van der Waals surface area contributed by atoms with Crippen LogP contribution >= 0.6 is 0 Å². The SMILES string of the molecule is COC(=O)C[C@@]1(C)[C@H]([C@@H](C)C(=O)OC)CC[C@]2(C)[C@H]1CC=C1[C@@H]3[C@@H](C)[C@H](C)CC[C@]3(C(=O)OC)CC[C@]12C. The van der Waals surface area contributed by atoms with Crippen molar-refractivity contribution in [2.24, 2.45) is 57.2 Å². The van der Waals surface area contributed by atoms with Gasteiger partial charge in [-0.05, 0) is 90.8 Å². The summed E-state index contributed by atoms with van der Waals surface area (Å²) in [7, 11) is 4.44. The molecule has 4 aliphatic rings. The van der Waals surface area contributed by atoms with E-state index in [2.05, 4.69) is 40.7 Å². The summed E-state index contributed by atoms with van der Waals surface area (Å²) < 4.78 is 15.9. The zero-order chi connectivity index (χ0) is 28.3. The molecule has 38 heavy (non-hydrogen) atoms. The molecule has 3 fully saturated rings. The number of methoxy groups -OCH3 is 3. The van der Waals surface area contributed by atoms with Gasteiger partial charge in [-0.1, -0.05) is 53.2 Å². The number of hydrogen-bond acceptors (Lipinski definition) is 6. The Morgan fingerprint density at radius 2 is 1.63 bits per heavy atom. The normalized spacial score (nSPS) is 44.9.